The van der Waals surface area contributed by atoms with Gasteiger partial charge in [-0.05, 0) is 30.2 Å². The highest BCUT2D eigenvalue weighted by atomic mass is 19.1. The molecular weight excluding hydrogens is 257 g/mol. The number of hydrogen-bond donors (Lipinski definition) is 2. The summed E-state index contributed by atoms with van der Waals surface area (Å²) in [6, 6.07) is 12.4. The Labute approximate surface area is 118 Å². The maximum absolute atomic E-state index is 13.6. The smallest absolute Gasteiger partial charge is 0.167 e. The van der Waals surface area contributed by atoms with E-state index in [9.17, 15) is 4.39 Å². The van der Waals surface area contributed by atoms with Crippen LogP contribution in [0, 0.1) is 5.82 Å². The summed E-state index contributed by atoms with van der Waals surface area (Å²) in [4.78, 5) is 0. The topological polar surface area (TPSA) is 41.5 Å². The van der Waals surface area contributed by atoms with Crippen LogP contribution in [-0.4, -0.2) is 12.2 Å². The molecule has 0 aliphatic heterocycles. The maximum atomic E-state index is 13.6. The number of ether oxygens (including phenoxy) is 1. The quantitative estimate of drug-likeness (QED) is 0.877. The van der Waals surface area contributed by atoms with Crippen LogP contribution in [0.4, 0.5) is 10.1 Å². The SMILES string of the molecule is COc1ccc(NC(C)c2cccc(CO)c2)cc1F. The second kappa shape index (κ2) is 6.39. The van der Waals surface area contributed by atoms with E-state index in [0.29, 0.717) is 5.69 Å². The molecule has 0 radical (unpaired) electrons. The molecule has 0 aliphatic carbocycles. The summed E-state index contributed by atoms with van der Waals surface area (Å²) in [5.74, 6) is -0.167. The predicted molar refractivity (Wildman–Crippen MR) is 77.4 cm³/mol. The molecule has 0 spiro atoms. The number of hydrogen-bond acceptors (Lipinski definition) is 3. The number of aliphatic hydroxyl groups is 1. The first kappa shape index (κ1) is 14.3. The van der Waals surface area contributed by atoms with Gasteiger partial charge in [-0.1, -0.05) is 24.3 Å². The molecule has 1 unspecified atom stereocenters. The molecule has 0 saturated heterocycles. The standard InChI is InChI=1S/C16H18FNO2/c1-11(13-5-3-4-12(8-13)10-19)18-14-6-7-16(20-2)15(17)9-14/h3-9,11,18-19H,10H2,1-2H3. The first-order valence-corrected chi connectivity index (χ1v) is 6.44. The fraction of sp³-hybridized carbons (Fsp3) is 0.250. The minimum Gasteiger partial charge on any atom is -0.494 e. The molecule has 0 aromatic heterocycles. The highest BCUT2D eigenvalue weighted by molar-refractivity contribution is 5.49. The number of benzene rings is 2. The number of aliphatic hydroxyl groups excluding tert-OH is 1. The fourth-order valence-electron chi connectivity index (χ4n) is 2.05. The summed E-state index contributed by atoms with van der Waals surface area (Å²) < 4.78 is 18.5. The normalized spacial score (nSPS) is 12.0. The number of nitrogens with one attached hydrogen (secondary N) is 1. The molecule has 0 bridgehead atoms. The molecular formula is C16H18FNO2. The van der Waals surface area contributed by atoms with Crippen molar-refractivity contribution in [2.45, 2.75) is 19.6 Å². The summed E-state index contributed by atoms with van der Waals surface area (Å²) in [5, 5.41) is 12.4. The molecule has 1 atom stereocenters. The van der Waals surface area contributed by atoms with Gasteiger partial charge in [-0.25, -0.2) is 4.39 Å². The molecule has 106 valence electrons. The third kappa shape index (κ3) is 3.27. The maximum Gasteiger partial charge on any atom is 0.167 e. The van der Waals surface area contributed by atoms with Gasteiger partial charge in [-0.2, -0.15) is 0 Å². The Morgan fingerprint density at radius 2 is 2.05 bits per heavy atom. The number of halogens is 1. The van der Waals surface area contributed by atoms with Gasteiger partial charge in [0.25, 0.3) is 0 Å². The second-order valence-electron chi connectivity index (χ2n) is 4.62. The van der Waals surface area contributed by atoms with Crippen molar-refractivity contribution in [1.82, 2.24) is 0 Å². The minimum atomic E-state index is -0.395. The molecule has 3 nitrogen and oxygen atoms in total. The van der Waals surface area contributed by atoms with Gasteiger partial charge >= 0.3 is 0 Å². The van der Waals surface area contributed by atoms with E-state index in [4.69, 9.17) is 9.84 Å². The van der Waals surface area contributed by atoms with Crippen LogP contribution < -0.4 is 10.1 Å². The minimum absolute atomic E-state index is 0.00861. The Morgan fingerprint density at radius 3 is 2.70 bits per heavy atom. The Morgan fingerprint density at radius 1 is 1.25 bits per heavy atom. The Hall–Kier alpha value is -2.07. The predicted octanol–water partition coefficient (Wildman–Crippen LogP) is 3.50. The number of methoxy groups -OCH3 is 1. The van der Waals surface area contributed by atoms with Crippen LogP contribution in [0.5, 0.6) is 5.75 Å². The highest BCUT2D eigenvalue weighted by Gasteiger charge is 2.08. The largest absolute Gasteiger partial charge is 0.494 e. The zero-order chi connectivity index (χ0) is 14.5. The average Bonchev–Trinajstić information content (AvgIpc) is 2.47. The van der Waals surface area contributed by atoms with Crippen molar-refractivity contribution in [3.8, 4) is 5.75 Å². The van der Waals surface area contributed by atoms with Crippen LogP contribution in [0.2, 0.25) is 0 Å². The third-order valence-corrected chi connectivity index (χ3v) is 3.17. The van der Waals surface area contributed by atoms with Gasteiger partial charge in [0.15, 0.2) is 11.6 Å². The molecule has 0 aliphatic rings. The summed E-state index contributed by atoms with van der Waals surface area (Å²) >= 11 is 0. The lowest BCUT2D eigenvalue weighted by Crippen LogP contribution is -2.07. The van der Waals surface area contributed by atoms with Crippen molar-refractivity contribution >= 4 is 5.69 Å². The summed E-state index contributed by atoms with van der Waals surface area (Å²) in [6.45, 7) is 2.00. The van der Waals surface area contributed by atoms with Crippen molar-refractivity contribution in [3.63, 3.8) is 0 Å². The molecule has 0 fully saturated rings. The molecule has 2 rings (SSSR count). The van der Waals surface area contributed by atoms with Gasteiger partial charge in [0, 0.05) is 17.8 Å². The van der Waals surface area contributed by atoms with Crippen LogP contribution in [-0.2, 0) is 6.61 Å². The van der Waals surface area contributed by atoms with Crippen molar-refractivity contribution < 1.29 is 14.2 Å². The van der Waals surface area contributed by atoms with E-state index in [1.165, 1.54) is 13.2 Å². The van der Waals surface area contributed by atoms with E-state index < -0.39 is 5.82 Å². The number of anilines is 1. The van der Waals surface area contributed by atoms with E-state index in [1.807, 2.05) is 31.2 Å². The van der Waals surface area contributed by atoms with Gasteiger partial charge in [-0.3, -0.25) is 0 Å². The lowest BCUT2D eigenvalue weighted by molar-refractivity contribution is 0.281. The highest BCUT2D eigenvalue weighted by Crippen LogP contribution is 2.24. The second-order valence-corrected chi connectivity index (χ2v) is 4.62. The monoisotopic (exact) mass is 275 g/mol. The first-order chi connectivity index (χ1) is 9.63. The summed E-state index contributed by atoms with van der Waals surface area (Å²) in [6.07, 6.45) is 0. The molecule has 0 amide bonds. The van der Waals surface area contributed by atoms with E-state index in [-0.39, 0.29) is 18.4 Å². The Kier molecular flexibility index (Phi) is 4.58. The Bertz CT molecular complexity index is 586. The zero-order valence-corrected chi connectivity index (χ0v) is 11.6. The first-order valence-electron chi connectivity index (χ1n) is 6.44. The van der Waals surface area contributed by atoms with Gasteiger partial charge in [0.05, 0.1) is 13.7 Å². The van der Waals surface area contributed by atoms with Crippen LogP contribution in [0.25, 0.3) is 0 Å². The van der Waals surface area contributed by atoms with Crippen LogP contribution >= 0.6 is 0 Å². The average molecular weight is 275 g/mol. The van der Waals surface area contributed by atoms with E-state index >= 15 is 0 Å². The van der Waals surface area contributed by atoms with Crippen LogP contribution in [0.1, 0.15) is 24.1 Å². The lowest BCUT2D eigenvalue weighted by Gasteiger charge is -2.17. The van der Waals surface area contributed by atoms with Crippen LogP contribution in [0.3, 0.4) is 0 Å². The fourth-order valence-corrected chi connectivity index (χ4v) is 2.05. The molecule has 2 aromatic carbocycles. The third-order valence-electron chi connectivity index (χ3n) is 3.17. The van der Waals surface area contributed by atoms with Gasteiger partial charge < -0.3 is 15.2 Å². The lowest BCUT2D eigenvalue weighted by atomic mass is 10.1. The van der Waals surface area contributed by atoms with E-state index in [0.717, 1.165) is 11.1 Å². The van der Waals surface area contributed by atoms with Crippen LogP contribution in [0.15, 0.2) is 42.5 Å². The number of rotatable bonds is 5. The Balaban J connectivity index is 2.14. The van der Waals surface area contributed by atoms with Gasteiger partial charge in [0.1, 0.15) is 0 Å². The summed E-state index contributed by atoms with van der Waals surface area (Å²) in [5.41, 5.74) is 2.58. The van der Waals surface area contributed by atoms with E-state index in [2.05, 4.69) is 5.32 Å². The molecule has 2 N–H and O–H groups in total. The van der Waals surface area contributed by atoms with Crippen molar-refractivity contribution in [2.24, 2.45) is 0 Å². The van der Waals surface area contributed by atoms with Crippen molar-refractivity contribution in [2.75, 3.05) is 12.4 Å². The van der Waals surface area contributed by atoms with Gasteiger partial charge in [-0.15, -0.1) is 0 Å². The van der Waals surface area contributed by atoms with Gasteiger partial charge in [0.2, 0.25) is 0 Å². The molecule has 4 heteroatoms. The zero-order valence-electron chi connectivity index (χ0n) is 11.6. The molecule has 20 heavy (non-hydrogen) atoms. The molecule has 0 heterocycles. The summed E-state index contributed by atoms with van der Waals surface area (Å²) in [7, 11) is 1.44. The van der Waals surface area contributed by atoms with Crippen molar-refractivity contribution in [1.29, 1.82) is 0 Å². The van der Waals surface area contributed by atoms with E-state index in [1.54, 1.807) is 12.1 Å². The van der Waals surface area contributed by atoms with Crippen molar-refractivity contribution in [3.05, 3.63) is 59.4 Å². The molecule has 0 saturated carbocycles. The molecule has 2 aromatic rings.